The number of ether oxygens (including phenoxy) is 1. The molecule has 19 nitrogen and oxygen atoms in total. The van der Waals surface area contributed by atoms with E-state index in [1.54, 1.807) is 17.0 Å². The monoisotopic (exact) mass is 955 g/mol. The van der Waals surface area contributed by atoms with E-state index >= 15 is 13.2 Å². The third-order valence-electron chi connectivity index (χ3n) is 14.6. The van der Waals surface area contributed by atoms with Gasteiger partial charge < -0.3 is 39.9 Å². The van der Waals surface area contributed by atoms with Crippen molar-refractivity contribution in [3.63, 3.8) is 0 Å². The molecule has 7 aliphatic rings. The van der Waals surface area contributed by atoms with Gasteiger partial charge in [0.25, 0.3) is 23.6 Å². The average molecular weight is 956 g/mol. The highest BCUT2D eigenvalue weighted by Gasteiger charge is 2.54. The third kappa shape index (κ3) is 8.34. The predicted octanol–water partition coefficient (Wildman–Crippen LogP) is 3.06. The van der Waals surface area contributed by atoms with Gasteiger partial charge in [0.2, 0.25) is 23.7 Å². The van der Waals surface area contributed by atoms with Crippen molar-refractivity contribution in [1.29, 1.82) is 0 Å². The van der Waals surface area contributed by atoms with Crippen molar-refractivity contribution in [2.45, 2.75) is 81.8 Å². The van der Waals surface area contributed by atoms with Crippen LogP contribution in [0.4, 0.5) is 42.0 Å². The van der Waals surface area contributed by atoms with E-state index in [0.717, 1.165) is 48.3 Å². The summed E-state index contributed by atoms with van der Waals surface area (Å²) in [6.07, 6.45) is 5.90. The minimum Gasteiger partial charge on any atom is -0.495 e. The van der Waals surface area contributed by atoms with Crippen LogP contribution in [0.2, 0.25) is 0 Å². The molecule has 2 aromatic carbocycles. The van der Waals surface area contributed by atoms with Crippen LogP contribution in [0, 0.1) is 11.2 Å². The van der Waals surface area contributed by atoms with Gasteiger partial charge in [-0.05, 0) is 56.8 Å². The standard InChI is InChI=1S/C47H52F3N11O8/c1-56-34-19-51-45(55-39(34)60(27-7-3-4-8-27)25-47(49,50)44(56)68)53-31-18-30(48)29(17-35(31)69-2)40(64)52-26-14-16-58(20-26)37(63)11-6-15-57-21-46(22-57)23-59(24-46)32-10-5-9-28-38(32)43(67)61(42(28)66)33-12-13-36(62)54-41(33)65/h5,9-10,17-19,26-27,33H,3-4,6-8,11-16,20-25H2,1-2H3,(H,52,64)(H,51,53,55)(H,54,62,65)/t26-,33?/m0/s1. The summed E-state index contributed by atoms with van der Waals surface area (Å²) < 4.78 is 51.3. The molecular weight excluding hydrogens is 904 g/mol. The van der Waals surface area contributed by atoms with Gasteiger partial charge in [-0.2, -0.15) is 13.8 Å². The number of hydrogen-bond acceptors (Lipinski definition) is 14. The number of fused-ring (bicyclic) bond motifs is 2. The Bertz CT molecular complexity index is 2670. The SMILES string of the molecule is COc1cc(C(=O)N[C@H]2CCN(C(=O)CCCN3CC4(C3)CN(c3cccc5c3C(=O)N(C3CCC(=O)NC3=O)C5=O)C4)C2)c(F)cc1Nc1ncc2c(n1)N(C1CCCC1)CC(F)(F)C(=O)N2C. The second kappa shape index (κ2) is 17.6. The number of nitrogens with zero attached hydrogens (tertiary/aromatic N) is 8. The number of anilines is 5. The number of benzene rings is 2. The lowest BCUT2D eigenvalue weighted by molar-refractivity contribution is -0.140. The van der Waals surface area contributed by atoms with Crippen molar-refractivity contribution in [3.8, 4) is 5.75 Å². The van der Waals surface area contributed by atoms with Gasteiger partial charge in [-0.1, -0.05) is 18.9 Å². The summed E-state index contributed by atoms with van der Waals surface area (Å²) in [5, 5.41) is 7.97. The van der Waals surface area contributed by atoms with E-state index in [2.05, 4.69) is 35.7 Å². The number of imide groups is 2. The summed E-state index contributed by atoms with van der Waals surface area (Å²) in [6, 6.07) is 5.75. The molecule has 3 aromatic rings. The number of carbonyl (C=O) groups is 7. The lowest BCUT2D eigenvalue weighted by atomic mass is 9.72. The summed E-state index contributed by atoms with van der Waals surface area (Å²) in [4.78, 5) is 109. The number of likely N-dealkylation sites (tertiary alicyclic amines) is 2. The lowest BCUT2D eigenvalue weighted by Gasteiger charge is -2.61. The van der Waals surface area contributed by atoms with Crippen LogP contribution in [0.25, 0.3) is 0 Å². The molecular formula is C47H52F3N11O8. The fraction of sp³-hybridized carbons (Fsp3) is 0.511. The average Bonchev–Trinajstić information content (AvgIpc) is 4.05. The maximum absolute atomic E-state index is 15.7. The fourth-order valence-electron chi connectivity index (χ4n) is 11.2. The first-order chi connectivity index (χ1) is 33.0. The van der Waals surface area contributed by atoms with E-state index in [1.807, 2.05) is 6.07 Å². The largest absolute Gasteiger partial charge is 0.495 e. The molecule has 69 heavy (non-hydrogen) atoms. The van der Waals surface area contributed by atoms with E-state index in [0.29, 0.717) is 57.4 Å². The molecule has 3 N–H and O–H groups in total. The highest BCUT2D eigenvalue weighted by atomic mass is 19.3. The topological polar surface area (TPSA) is 210 Å². The van der Waals surface area contributed by atoms with Crippen LogP contribution in [0.15, 0.2) is 36.5 Å². The molecule has 1 saturated carbocycles. The molecule has 0 radical (unpaired) electrons. The predicted molar refractivity (Wildman–Crippen MR) is 242 cm³/mol. The minimum absolute atomic E-state index is 0.0284. The number of halogens is 3. The Balaban J connectivity index is 0.690. The molecule has 7 heterocycles. The van der Waals surface area contributed by atoms with Crippen LogP contribution in [0.5, 0.6) is 5.75 Å². The van der Waals surface area contributed by atoms with Crippen LogP contribution >= 0.6 is 0 Å². The minimum atomic E-state index is -3.65. The van der Waals surface area contributed by atoms with Gasteiger partial charge in [-0.3, -0.25) is 43.8 Å². The van der Waals surface area contributed by atoms with Crippen molar-refractivity contribution in [1.82, 2.24) is 35.3 Å². The van der Waals surface area contributed by atoms with Crippen LogP contribution in [-0.4, -0.2) is 157 Å². The van der Waals surface area contributed by atoms with E-state index in [1.165, 1.54) is 31.3 Å². The lowest BCUT2D eigenvalue weighted by Crippen LogP contribution is -2.72. The molecule has 1 aromatic heterocycles. The number of rotatable bonds is 12. The van der Waals surface area contributed by atoms with E-state index in [4.69, 9.17) is 4.74 Å². The first-order valence-corrected chi connectivity index (χ1v) is 23.4. The summed E-state index contributed by atoms with van der Waals surface area (Å²) in [5.41, 5.74) is 1.13. The molecule has 7 amide bonds. The second-order valence-electron chi connectivity index (χ2n) is 19.3. The van der Waals surface area contributed by atoms with E-state index in [-0.39, 0.29) is 82.3 Å². The molecule has 10 rings (SSSR count). The summed E-state index contributed by atoms with van der Waals surface area (Å²) >= 11 is 0. The molecule has 1 unspecified atom stereocenters. The zero-order valence-electron chi connectivity index (χ0n) is 38.2. The maximum Gasteiger partial charge on any atom is 0.342 e. The Hall–Kier alpha value is -6.84. The molecule has 0 bridgehead atoms. The van der Waals surface area contributed by atoms with Crippen LogP contribution < -0.4 is 35.4 Å². The molecule has 5 fully saturated rings. The number of nitrogens with one attached hydrogen (secondary N) is 3. The number of aromatic nitrogens is 2. The van der Waals surface area contributed by atoms with Crippen LogP contribution in [0.1, 0.15) is 88.9 Å². The molecule has 1 spiro atoms. The Kier molecular flexibility index (Phi) is 11.7. The molecule has 364 valence electrons. The molecule has 6 aliphatic heterocycles. The van der Waals surface area contributed by atoms with E-state index < -0.39 is 65.8 Å². The molecule has 1 aliphatic carbocycles. The second-order valence-corrected chi connectivity index (χ2v) is 19.3. The Labute approximate surface area is 394 Å². The third-order valence-corrected chi connectivity index (χ3v) is 14.6. The van der Waals surface area contributed by atoms with Gasteiger partial charge in [0.1, 0.15) is 23.3 Å². The molecule has 22 heteroatoms. The number of hydrogen-bond donors (Lipinski definition) is 3. The van der Waals surface area contributed by atoms with Gasteiger partial charge in [0.05, 0.1) is 47.9 Å². The van der Waals surface area contributed by atoms with Gasteiger partial charge in [0, 0.05) is 82.7 Å². The summed E-state index contributed by atoms with van der Waals surface area (Å²) in [7, 11) is 2.60. The summed E-state index contributed by atoms with van der Waals surface area (Å²) in [5.74, 6) is -8.57. The van der Waals surface area contributed by atoms with Crippen molar-refractivity contribution in [2.24, 2.45) is 5.41 Å². The van der Waals surface area contributed by atoms with Crippen molar-refractivity contribution in [2.75, 3.05) is 86.5 Å². The van der Waals surface area contributed by atoms with Crippen LogP contribution in [0.3, 0.4) is 0 Å². The van der Waals surface area contributed by atoms with Gasteiger partial charge >= 0.3 is 5.92 Å². The number of amides is 7. The number of methoxy groups -OCH3 is 1. The number of alkyl halides is 2. The van der Waals surface area contributed by atoms with Crippen molar-refractivity contribution < 1.29 is 51.5 Å². The normalized spacial score (nSPS) is 23.1. The first-order valence-electron chi connectivity index (χ1n) is 23.4. The molecule has 4 saturated heterocycles. The van der Waals surface area contributed by atoms with Crippen LogP contribution in [-0.2, 0) is 19.2 Å². The van der Waals surface area contributed by atoms with Crippen molar-refractivity contribution in [3.05, 3.63) is 59.0 Å². The smallest absolute Gasteiger partial charge is 0.342 e. The fourth-order valence-corrected chi connectivity index (χ4v) is 11.2. The van der Waals surface area contributed by atoms with Gasteiger partial charge in [-0.15, -0.1) is 0 Å². The quantitative estimate of drug-likeness (QED) is 0.223. The van der Waals surface area contributed by atoms with Gasteiger partial charge in [-0.25, -0.2) is 9.37 Å². The number of piperidine rings is 1. The highest BCUT2D eigenvalue weighted by Crippen LogP contribution is 2.45. The first kappa shape index (κ1) is 45.9. The van der Waals surface area contributed by atoms with Gasteiger partial charge in [0.15, 0.2) is 5.82 Å². The van der Waals surface area contributed by atoms with Crippen molar-refractivity contribution >= 4 is 70.2 Å². The zero-order chi connectivity index (χ0) is 48.5. The Morgan fingerprint density at radius 1 is 0.957 bits per heavy atom. The maximum atomic E-state index is 15.7. The Morgan fingerprint density at radius 3 is 2.46 bits per heavy atom. The Morgan fingerprint density at radius 2 is 1.72 bits per heavy atom. The zero-order valence-corrected chi connectivity index (χ0v) is 38.2. The number of carbonyl (C=O) groups excluding carboxylic acids is 7. The highest BCUT2D eigenvalue weighted by molar-refractivity contribution is 6.25. The molecule has 2 atom stereocenters. The summed E-state index contributed by atoms with van der Waals surface area (Å²) in [6.45, 7) is 3.62. The van der Waals surface area contributed by atoms with E-state index in [9.17, 15) is 33.6 Å².